The largest absolute Gasteiger partial charge is 0.492 e. The van der Waals surface area contributed by atoms with Crippen LogP contribution in [0, 0.1) is 13.8 Å². The molecule has 0 spiro atoms. The molecule has 0 bridgehead atoms. The Balaban J connectivity index is 1.60. The summed E-state index contributed by atoms with van der Waals surface area (Å²) in [6.45, 7) is 4.76. The number of hydrogen-bond donors (Lipinski definition) is 0. The molecule has 0 N–H and O–H groups in total. The number of aryl methyl sites for hydroxylation is 2. The van der Waals surface area contributed by atoms with Crippen LogP contribution >= 0.6 is 11.3 Å². The van der Waals surface area contributed by atoms with E-state index >= 15 is 0 Å². The summed E-state index contributed by atoms with van der Waals surface area (Å²) in [5, 5.41) is 1.99. The molecule has 0 aromatic carbocycles. The summed E-state index contributed by atoms with van der Waals surface area (Å²) in [5.74, 6) is -0.0744. The van der Waals surface area contributed by atoms with Crippen LogP contribution in [0.2, 0.25) is 0 Å². The molecule has 3 aromatic heterocycles. The number of fused-ring (bicyclic) bond motifs is 1. The fourth-order valence-corrected chi connectivity index (χ4v) is 4.78. The Morgan fingerprint density at radius 1 is 1.15 bits per heavy atom. The Kier molecular flexibility index (Phi) is 7.06. The first kappa shape index (κ1) is 23.6. The van der Waals surface area contributed by atoms with Gasteiger partial charge in [0.2, 0.25) is 0 Å². The van der Waals surface area contributed by atoms with Gasteiger partial charge in [0.05, 0.1) is 13.7 Å². The van der Waals surface area contributed by atoms with Gasteiger partial charge in [0.25, 0.3) is 11.5 Å². The van der Waals surface area contributed by atoms with Gasteiger partial charge >= 0.3 is 5.97 Å². The van der Waals surface area contributed by atoms with Crippen LogP contribution < -0.4 is 10.3 Å². The third-order valence-corrected chi connectivity index (χ3v) is 6.58. The number of esters is 1. The van der Waals surface area contributed by atoms with Crippen molar-refractivity contribution in [2.45, 2.75) is 33.2 Å². The van der Waals surface area contributed by atoms with Gasteiger partial charge in [0.15, 0.2) is 0 Å². The van der Waals surface area contributed by atoms with E-state index < -0.39 is 5.97 Å². The number of nitrogens with zero attached hydrogens (tertiary/aromatic N) is 4. The number of carbonyl (C=O) groups excluding carboxylic acids is 2. The van der Waals surface area contributed by atoms with E-state index in [2.05, 4.69) is 9.97 Å². The number of pyridine rings is 1. The molecular weight excluding hydrogens is 456 g/mol. The fourth-order valence-electron chi connectivity index (χ4n) is 4.09. The lowest BCUT2D eigenvalue weighted by atomic mass is 10.1. The monoisotopic (exact) mass is 482 g/mol. The predicted octanol–water partition coefficient (Wildman–Crippen LogP) is 2.42. The van der Waals surface area contributed by atoms with Gasteiger partial charge < -0.3 is 18.9 Å². The Bertz CT molecular complexity index is 1250. The summed E-state index contributed by atoms with van der Waals surface area (Å²) in [7, 11) is 1.30. The molecule has 0 atom stereocenters. The van der Waals surface area contributed by atoms with Crippen LogP contribution in [-0.2, 0) is 24.1 Å². The zero-order chi connectivity index (χ0) is 24.2. The molecule has 0 unspecified atom stereocenters. The van der Waals surface area contributed by atoms with Crippen LogP contribution in [0.1, 0.15) is 42.9 Å². The van der Waals surface area contributed by atoms with Gasteiger partial charge in [-0.2, -0.15) is 0 Å². The second kappa shape index (κ2) is 10.2. The van der Waals surface area contributed by atoms with Crippen LogP contribution in [0.5, 0.6) is 5.75 Å². The molecule has 4 rings (SSSR count). The lowest BCUT2D eigenvalue weighted by Gasteiger charge is -2.19. The minimum atomic E-state index is -0.572. The first-order valence-corrected chi connectivity index (χ1v) is 11.9. The molecule has 3 aromatic rings. The smallest absolute Gasteiger partial charge is 0.343 e. The zero-order valence-corrected chi connectivity index (χ0v) is 20.2. The number of aromatic nitrogens is 3. The first-order valence-electron chi connectivity index (χ1n) is 11.0. The highest BCUT2D eigenvalue weighted by molar-refractivity contribution is 7.09. The number of ether oxygens (including phenoxy) is 2. The first-order chi connectivity index (χ1) is 16.4. The summed E-state index contributed by atoms with van der Waals surface area (Å²) in [6, 6.07) is 6.96. The molecule has 178 valence electrons. The van der Waals surface area contributed by atoms with Gasteiger partial charge in [0, 0.05) is 54.8 Å². The molecule has 0 fully saturated rings. The minimum Gasteiger partial charge on any atom is -0.492 e. The molecular formula is C24H26N4O5S. The van der Waals surface area contributed by atoms with E-state index in [9.17, 15) is 14.4 Å². The van der Waals surface area contributed by atoms with Crippen LogP contribution in [0.3, 0.4) is 0 Å². The van der Waals surface area contributed by atoms with Crippen LogP contribution in [-0.4, -0.2) is 58.1 Å². The Hall–Kier alpha value is -3.53. The number of amides is 1. The maximum Gasteiger partial charge on any atom is 0.343 e. The predicted molar refractivity (Wildman–Crippen MR) is 127 cm³/mol. The molecule has 0 radical (unpaired) electrons. The van der Waals surface area contributed by atoms with Crippen LogP contribution in [0.15, 0.2) is 34.4 Å². The van der Waals surface area contributed by atoms with Crippen LogP contribution in [0.25, 0.3) is 0 Å². The Morgan fingerprint density at radius 2 is 1.97 bits per heavy atom. The van der Waals surface area contributed by atoms with Gasteiger partial charge in [0.1, 0.15) is 22.8 Å². The molecule has 1 aliphatic heterocycles. The molecule has 34 heavy (non-hydrogen) atoms. The second-order valence-electron chi connectivity index (χ2n) is 7.97. The van der Waals surface area contributed by atoms with Gasteiger partial charge in [-0.25, -0.2) is 14.8 Å². The molecule has 0 saturated carbocycles. The van der Waals surface area contributed by atoms with E-state index in [0.717, 1.165) is 4.88 Å². The van der Waals surface area contributed by atoms with Crippen molar-refractivity contribution in [1.29, 1.82) is 0 Å². The van der Waals surface area contributed by atoms with E-state index in [1.54, 1.807) is 29.2 Å². The normalized spacial score (nSPS) is 13.2. The van der Waals surface area contributed by atoms with E-state index in [4.69, 9.17) is 9.47 Å². The summed E-state index contributed by atoms with van der Waals surface area (Å²) < 4.78 is 12.4. The molecule has 1 aliphatic rings. The Labute approximate surface area is 201 Å². The number of thiophene rings is 1. The highest BCUT2D eigenvalue weighted by atomic mass is 32.1. The van der Waals surface area contributed by atoms with Gasteiger partial charge in [-0.3, -0.25) is 9.59 Å². The molecule has 10 heteroatoms. The summed E-state index contributed by atoms with van der Waals surface area (Å²) in [5.41, 5.74) is 1.49. The SMILES string of the molecule is COC(=O)c1c(OCCc2cccs2)cc(=O)n2c1CCN(C(=O)c1cc(C)nc(C)n1)CC2. The zero-order valence-electron chi connectivity index (χ0n) is 19.4. The van der Waals surface area contributed by atoms with Crippen molar-refractivity contribution >= 4 is 23.2 Å². The topological polar surface area (TPSA) is 104 Å². The maximum atomic E-state index is 13.1. The number of methoxy groups -OCH3 is 1. The van der Waals surface area contributed by atoms with E-state index in [1.165, 1.54) is 17.7 Å². The van der Waals surface area contributed by atoms with Gasteiger partial charge in [-0.1, -0.05) is 6.07 Å². The van der Waals surface area contributed by atoms with E-state index in [-0.39, 0.29) is 29.3 Å². The van der Waals surface area contributed by atoms with Crippen molar-refractivity contribution in [2.75, 3.05) is 26.8 Å². The van der Waals surface area contributed by atoms with Crippen LogP contribution in [0.4, 0.5) is 0 Å². The third kappa shape index (κ3) is 5.01. The summed E-state index contributed by atoms with van der Waals surface area (Å²) in [4.78, 5) is 50.1. The van der Waals surface area contributed by atoms with Crippen molar-refractivity contribution in [3.8, 4) is 5.75 Å². The number of hydrogen-bond acceptors (Lipinski definition) is 8. The third-order valence-electron chi connectivity index (χ3n) is 5.64. The molecule has 9 nitrogen and oxygen atoms in total. The van der Waals surface area contributed by atoms with Crippen molar-refractivity contribution in [2.24, 2.45) is 0 Å². The standard InChI is InChI=1S/C24H26N4O5S/c1-15-13-18(26-16(2)25-15)23(30)27-8-6-19-22(24(31)32-3)20(14-21(29)28(19)10-9-27)33-11-7-17-5-4-12-34-17/h4-5,12-14H,6-11H2,1-3H3. The lowest BCUT2D eigenvalue weighted by Crippen LogP contribution is -2.35. The number of rotatable bonds is 6. The number of carbonyl (C=O) groups is 2. The molecule has 0 aliphatic carbocycles. The minimum absolute atomic E-state index is 0.210. The van der Waals surface area contributed by atoms with Crippen molar-refractivity contribution < 1.29 is 19.1 Å². The maximum absolute atomic E-state index is 13.1. The van der Waals surface area contributed by atoms with Crippen molar-refractivity contribution in [3.05, 3.63) is 73.3 Å². The Morgan fingerprint density at radius 3 is 2.68 bits per heavy atom. The van der Waals surface area contributed by atoms with Crippen molar-refractivity contribution in [3.63, 3.8) is 0 Å². The van der Waals surface area contributed by atoms with E-state index in [0.29, 0.717) is 55.4 Å². The average Bonchev–Trinajstić information content (AvgIpc) is 3.22. The molecule has 1 amide bonds. The van der Waals surface area contributed by atoms with Crippen molar-refractivity contribution in [1.82, 2.24) is 19.4 Å². The van der Waals surface area contributed by atoms with Gasteiger partial charge in [-0.05, 0) is 31.4 Å². The lowest BCUT2D eigenvalue weighted by molar-refractivity contribution is 0.0593. The van der Waals surface area contributed by atoms with Gasteiger partial charge in [-0.15, -0.1) is 11.3 Å². The summed E-state index contributed by atoms with van der Waals surface area (Å²) >= 11 is 1.62. The highest BCUT2D eigenvalue weighted by Crippen LogP contribution is 2.25. The molecule has 0 saturated heterocycles. The highest BCUT2D eigenvalue weighted by Gasteiger charge is 2.28. The average molecular weight is 483 g/mol. The van der Waals surface area contributed by atoms with E-state index in [1.807, 2.05) is 24.4 Å². The quantitative estimate of drug-likeness (QED) is 0.497. The fraction of sp³-hybridized carbons (Fsp3) is 0.375. The summed E-state index contributed by atoms with van der Waals surface area (Å²) in [6.07, 6.45) is 0.966. The molecule has 4 heterocycles. The second-order valence-corrected chi connectivity index (χ2v) is 9.01.